The quantitative estimate of drug-likeness (QED) is 0.751. The predicted molar refractivity (Wildman–Crippen MR) is 71.5 cm³/mol. The molecule has 1 aromatic carbocycles. The highest BCUT2D eigenvalue weighted by atomic mass is 19.2. The summed E-state index contributed by atoms with van der Waals surface area (Å²) in [6.45, 7) is 6.31. The summed E-state index contributed by atoms with van der Waals surface area (Å²) in [6, 6.07) is 4.61. The van der Waals surface area contributed by atoms with Crippen molar-refractivity contribution in [2.24, 2.45) is 0 Å². The van der Waals surface area contributed by atoms with Gasteiger partial charge in [0.1, 0.15) is 0 Å². The predicted octanol–water partition coefficient (Wildman–Crippen LogP) is 4.58. The van der Waals surface area contributed by atoms with Crippen molar-refractivity contribution in [1.29, 1.82) is 0 Å². The van der Waals surface area contributed by atoms with Crippen LogP contribution in [-0.2, 0) is 0 Å². The van der Waals surface area contributed by atoms with Crippen molar-refractivity contribution >= 4 is 0 Å². The fraction of sp³-hybridized carbons (Fsp3) is 0.600. The lowest BCUT2D eigenvalue weighted by Crippen LogP contribution is -2.31. The van der Waals surface area contributed by atoms with E-state index < -0.39 is 11.6 Å². The third kappa shape index (κ3) is 4.37. The van der Waals surface area contributed by atoms with Gasteiger partial charge in [0.25, 0.3) is 0 Å². The molecule has 0 heterocycles. The Labute approximate surface area is 109 Å². The molecule has 0 spiro atoms. The monoisotopic (exact) mass is 255 g/mol. The van der Waals surface area contributed by atoms with Gasteiger partial charge in [-0.05, 0) is 37.5 Å². The molecule has 1 nitrogen and oxygen atoms in total. The van der Waals surface area contributed by atoms with Crippen molar-refractivity contribution in [3.8, 4) is 0 Å². The molecule has 0 fully saturated rings. The maximum Gasteiger partial charge on any atom is 0.159 e. The summed E-state index contributed by atoms with van der Waals surface area (Å²) in [5, 5.41) is 3.49. The lowest BCUT2D eigenvalue weighted by molar-refractivity contribution is 0.400. The SMILES string of the molecule is CCCC(CCC)NC(C)c1ccc(F)c(F)c1. The molecule has 1 unspecified atom stereocenters. The van der Waals surface area contributed by atoms with Crippen molar-refractivity contribution < 1.29 is 8.78 Å². The summed E-state index contributed by atoms with van der Waals surface area (Å²) in [7, 11) is 0. The molecule has 0 radical (unpaired) electrons. The molecule has 102 valence electrons. The van der Waals surface area contributed by atoms with E-state index in [0.717, 1.165) is 31.2 Å². The van der Waals surface area contributed by atoms with Gasteiger partial charge in [-0.25, -0.2) is 8.78 Å². The summed E-state index contributed by atoms with van der Waals surface area (Å²) in [4.78, 5) is 0. The average molecular weight is 255 g/mol. The van der Waals surface area contributed by atoms with Gasteiger partial charge in [-0.3, -0.25) is 0 Å². The van der Waals surface area contributed by atoms with Crippen LogP contribution in [0.3, 0.4) is 0 Å². The zero-order valence-corrected chi connectivity index (χ0v) is 11.5. The molecule has 1 atom stereocenters. The van der Waals surface area contributed by atoms with Gasteiger partial charge in [-0.1, -0.05) is 32.8 Å². The van der Waals surface area contributed by atoms with Gasteiger partial charge in [0.2, 0.25) is 0 Å². The van der Waals surface area contributed by atoms with Gasteiger partial charge in [0.05, 0.1) is 0 Å². The Morgan fingerprint density at radius 3 is 2.17 bits per heavy atom. The Morgan fingerprint density at radius 1 is 1.06 bits per heavy atom. The van der Waals surface area contributed by atoms with Gasteiger partial charge in [0, 0.05) is 12.1 Å². The molecular formula is C15H23F2N. The van der Waals surface area contributed by atoms with Crippen LogP contribution in [0.4, 0.5) is 8.78 Å². The second kappa shape index (κ2) is 7.47. The smallest absolute Gasteiger partial charge is 0.159 e. The Morgan fingerprint density at radius 2 is 1.67 bits per heavy atom. The van der Waals surface area contributed by atoms with Crippen LogP contribution in [0.1, 0.15) is 58.1 Å². The second-order valence-corrected chi connectivity index (χ2v) is 4.84. The van der Waals surface area contributed by atoms with Crippen molar-refractivity contribution in [1.82, 2.24) is 5.32 Å². The van der Waals surface area contributed by atoms with Gasteiger partial charge < -0.3 is 5.32 Å². The number of benzene rings is 1. The summed E-state index contributed by atoms with van der Waals surface area (Å²) in [5.74, 6) is -1.56. The molecule has 1 aromatic rings. The second-order valence-electron chi connectivity index (χ2n) is 4.84. The first kappa shape index (κ1) is 15.1. The van der Waals surface area contributed by atoms with Crippen LogP contribution in [0.2, 0.25) is 0 Å². The lowest BCUT2D eigenvalue weighted by Gasteiger charge is -2.23. The minimum absolute atomic E-state index is 0.0446. The van der Waals surface area contributed by atoms with Crippen LogP contribution in [0, 0.1) is 11.6 Å². The van der Waals surface area contributed by atoms with Crippen molar-refractivity contribution in [2.75, 3.05) is 0 Å². The first-order chi connectivity index (χ1) is 8.58. The molecule has 3 heteroatoms. The lowest BCUT2D eigenvalue weighted by atomic mass is 10.0. The van der Waals surface area contributed by atoms with Gasteiger partial charge in [-0.15, -0.1) is 0 Å². The van der Waals surface area contributed by atoms with Crippen LogP contribution in [-0.4, -0.2) is 6.04 Å². The van der Waals surface area contributed by atoms with E-state index in [1.807, 2.05) is 6.92 Å². The fourth-order valence-corrected chi connectivity index (χ4v) is 2.24. The topological polar surface area (TPSA) is 12.0 Å². The number of halogens is 2. The van der Waals surface area contributed by atoms with Crippen LogP contribution in [0.25, 0.3) is 0 Å². The first-order valence-electron chi connectivity index (χ1n) is 6.79. The molecular weight excluding hydrogens is 232 g/mol. The van der Waals surface area contributed by atoms with E-state index >= 15 is 0 Å². The van der Waals surface area contributed by atoms with Crippen LogP contribution in [0.5, 0.6) is 0 Å². The van der Waals surface area contributed by atoms with Crippen molar-refractivity contribution in [2.45, 2.75) is 58.5 Å². The zero-order chi connectivity index (χ0) is 13.5. The Balaban J connectivity index is 2.67. The van der Waals surface area contributed by atoms with E-state index in [-0.39, 0.29) is 6.04 Å². The standard InChI is InChI=1S/C15H23F2N/c1-4-6-13(7-5-2)18-11(3)12-8-9-14(16)15(17)10-12/h8-11,13,18H,4-7H2,1-3H3. The maximum absolute atomic E-state index is 13.2. The molecule has 0 bridgehead atoms. The Kier molecular flexibility index (Phi) is 6.27. The Hall–Kier alpha value is -0.960. The normalized spacial score (nSPS) is 13.0. The molecule has 0 aliphatic carbocycles. The molecule has 1 N–H and O–H groups in total. The highest BCUT2D eigenvalue weighted by Gasteiger charge is 2.13. The molecule has 0 saturated carbocycles. The largest absolute Gasteiger partial charge is 0.307 e. The molecule has 0 aromatic heterocycles. The van der Waals surface area contributed by atoms with Gasteiger partial charge in [0.15, 0.2) is 11.6 Å². The third-order valence-electron chi connectivity index (χ3n) is 3.20. The molecule has 0 saturated heterocycles. The van der Waals surface area contributed by atoms with Crippen molar-refractivity contribution in [3.63, 3.8) is 0 Å². The molecule has 18 heavy (non-hydrogen) atoms. The zero-order valence-electron chi connectivity index (χ0n) is 11.5. The van der Waals surface area contributed by atoms with Gasteiger partial charge in [-0.2, -0.15) is 0 Å². The number of hydrogen-bond acceptors (Lipinski definition) is 1. The van der Waals surface area contributed by atoms with E-state index in [4.69, 9.17) is 0 Å². The first-order valence-corrected chi connectivity index (χ1v) is 6.79. The molecule has 0 amide bonds. The number of hydrogen-bond donors (Lipinski definition) is 1. The van der Waals surface area contributed by atoms with Crippen LogP contribution >= 0.6 is 0 Å². The summed E-state index contributed by atoms with van der Waals surface area (Å²) >= 11 is 0. The van der Waals surface area contributed by atoms with E-state index in [1.165, 1.54) is 12.1 Å². The third-order valence-corrected chi connectivity index (χ3v) is 3.20. The minimum Gasteiger partial charge on any atom is -0.307 e. The maximum atomic E-state index is 13.2. The van der Waals surface area contributed by atoms with E-state index in [9.17, 15) is 8.78 Å². The van der Waals surface area contributed by atoms with E-state index in [2.05, 4.69) is 19.2 Å². The highest BCUT2D eigenvalue weighted by molar-refractivity contribution is 5.20. The number of nitrogens with one attached hydrogen (secondary N) is 1. The highest BCUT2D eigenvalue weighted by Crippen LogP contribution is 2.18. The van der Waals surface area contributed by atoms with E-state index in [1.54, 1.807) is 6.07 Å². The summed E-state index contributed by atoms with van der Waals surface area (Å²) in [6.07, 6.45) is 4.48. The Bertz CT molecular complexity index is 360. The fourth-order valence-electron chi connectivity index (χ4n) is 2.24. The molecule has 1 rings (SSSR count). The summed E-state index contributed by atoms with van der Waals surface area (Å²) < 4.78 is 26.0. The van der Waals surface area contributed by atoms with E-state index in [0.29, 0.717) is 6.04 Å². The summed E-state index contributed by atoms with van der Waals surface area (Å²) in [5.41, 5.74) is 0.797. The molecule has 0 aliphatic heterocycles. The van der Waals surface area contributed by atoms with Gasteiger partial charge >= 0.3 is 0 Å². The number of rotatable bonds is 7. The molecule has 0 aliphatic rings. The van der Waals surface area contributed by atoms with Crippen LogP contribution < -0.4 is 5.32 Å². The van der Waals surface area contributed by atoms with Crippen LogP contribution in [0.15, 0.2) is 18.2 Å². The minimum atomic E-state index is -0.787. The average Bonchev–Trinajstić information content (AvgIpc) is 2.33. The van der Waals surface area contributed by atoms with Crippen molar-refractivity contribution in [3.05, 3.63) is 35.4 Å².